The number of halogens is 1. The van der Waals surface area contributed by atoms with Gasteiger partial charge in [-0.15, -0.1) is 11.3 Å². The Morgan fingerprint density at radius 1 is 1.21 bits per heavy atom. The van der Waals surface area contributed by atoms with Gasteiger partial charge in [-0.1, -0.05) is 12.1 Å². The van der Waals surface area contributed by atoms with Crippen LogP contribution in [0.5, 0.6) is 11.5 Å². The highest BCUT2D eigenvalue weighted by atomic mass is 79.9. The Morgan fingerprint density at radius 2 is 2.00 bits per heavy atom. The van der Waals surface area contributed by atoms with Crippen molar-refractivity contribution in [2.75, 3.05) is 20.3 Å². The van der Waals surface area contributed by atoms with Crippen molar-refractivity contribution in [3.05, 3.63) is 45.1 Å². The molecule has 0 amide bonds. The number of thiophene rings is 1. The standard InChI is InChI=1S/C14H16BrNO2S/c1-17-12-4-2-3-5-13(12)18-8-7-16-10-14-11(15)6-9-19-14/h2-6,9,16H,7-8,10H2,1H3. The quantitative estimate of drug-likeness (QED) is 0.779. The molecule has 102 valence electrons. The van der Waals surface area contributed by atoms with Crippen molar-refractivity contribution in [1.82, 2.24) is 5.32 Å². The second-order valence-corrected chi connectivity index (χ2v) is 5.72. The van der Waals surface area contributed by atoms with E-state index in [-0.39, 0.29) is 0 Å². The van der Waals surface area contributed by atoms with Crippen LogP contribution in [0.4, 0.5) is 0 Å². The third-order valence-corrected chi connectivity index (χ3v) is 4.51. The fourth-order valence-electron chi connectivity index (χ4n) is 1.62. The highest BCUT2D eigenvalue weighted by Crippen LogP contribution is 2.25. The number of ether oxygens (including phenoxy) is 2. The number of hydrogen-bond acceptors (Lipinski definition) is 4. The third kappa shape index (κ3) is 4.23. The molecule has 0 saturated heterocycles. The first-order valence-electron chi connectivity index (χ1n) is 5.99. The first-order valence-corrected chi connectivity index (χ1v) is 7.67. The molecule has 1 aromatic heterocycles. The van der Waals surface area contributed by atoms with Gasteiger partial charge in [0, 0.05) is 22.4 Å². The Bertz CT molecular complexity index is 516. The average molecular weight is 342 g/mol. The number of methoxy groups -OCH3 is 1. The zero-order valence-electron chi connectivity index (χ0n) is 10.7. The predicted octanol–water partition coefficient (Wildman–Crippen LogP) is 3.69. The maximum absolute atomic E-state index is 5.68. The molecular weight excluding hydrogens is 326 g/mol. The Hall–Kier alpha value is -1.04. The molecule has 0 fully saturated rings. The van der Waals surface area contributed by atoms with Crippen molar-refractivity contribution < 1.29 is 9.47 Å². The SMILES string of the molecule is COc1ccccc1OCCNCc1sccc1Br. The topological polar surface area (TPSA) is 30.5 Å². The zero-order valence-corrected chi connectivity index (χ0v) is 13.1. The highest BCUT2D eigenvalue weighted by Gasteiger charge is 2.03. The van der Waals surface area contributed by atoms with E-state index in [1.165, 1.54) is 4.88 Å². The smallest absolute Gasteiger partial charge is 0.161 e. The van der Waals surface area contributed by atoms with Crippen LogP contribution >= 0.6 is 27.3 Å². The summed E-state index contributed by atoms with van der Waals surface area (Å²) in [5.41, 5.74) is 0. The summed E-state index contributed by atoms with van der Waals surface area (Å²) in [6.45, 7) is 2.26. The minimum Gasteiger partial charge on any atom is -0.493 e. The fraction of sp³-hybridized carbons (Fsp3) is 0.286. The molecule has 19 heavy (non-hydrogen) atoms. The van der Waals surface area contributed by atoms with Gasteiger partial charge in [0.15, 0.2) is 11.5 Å². The molecule has 0 aliphatic carbocycles. The average Bonchev–Trinajstić information content (AvgIpc) is 2.84. The van der Waals surface area contributed by atoms with Crippen LogP contribution in [-0.2, 0) is 6.54 Å². The van der Waals surface area contributed by atoms with Crippen LogP contribution in [0, 0.1) is 0 Å². The van der Waals surface area contributed by atoms with Crippen LogP contribution in [0.1, 0.15) is 4.88 Å². The van der Waals surface area contributed by atoms with Crippen LogP contribution in [0.2, 0.25) is 0 Å². The molecule has 0 radical (unpaired) electrons. The molecule has 1 N–H and O–H groups in total. The number of hydrogen-bond donors (Lipinski definition) is 1. The van der Waals surface area contributed by atoms with Gasteiger partial charge in [0.05, 0.1) is 7.11 Å². The molecule has 2 aromatic rings. The predicted molar refractivity (Wildman–Crippen MR) is 82.2 cm³/mol. The molecule has 0 spiro atoms. The van der Waals surface area contributed by atoms with E-state index in [0.29, 0.717) is 6.61 Å². The molecule has 0 aliphatic rings. The molecule has 1 aromatic carbocycles. The Balaban J connectivity index is 1.71. The van der Waals surface area contributed by atoms with Crippen molar-refractivity contribution in [2.24, 2.45) is 0 Å². The summed E-state index contributed by atoms with van der Waals surface area (Å²) in [4.78, 5) is 1.30. The molecule has 0 bridgehead atoms. The normalized spacial score (nSPS) is 10.4. The van der Waals surface area contributed by atoms with Crippen LogP contribution in [-0.4, -0.2) is 20.3 Å². The summed E-state index contributed by atoms with van der Waals surface area (Å²) in [6, 6.07) is 9.74. The molecule has 5 heteroatoms. The second-order valence-electron chi connectivity index (χ2n) is 3.87. The van der Waals surface area contributed by atoms with Gasteiger partial charge >= 0.3 is 0 Å². The first-order chi connectivity index (χ1) is 9.31. The lowest BCUT2D eigenvalue weighted by molar-refractivity contribution is 0.292. The van der Waals surface area contributed by atoms with E-state index in [1.807, 2.05) is 24.3 Å². The molecule has 0 aliphatic heterocycles. The first kappa shape index (κ1) is 14.4. The number of nitrogens with one attached hydrogen (secondary N) is 1. The van der Waals surface area contributed by atoms with E-state index < -0.39 is 0 Å². The van der Waals surface area contributed by atoms with E-state index in [9.17, 15) is 0 Å². The lowest BCUT2D eigenvalue weighted by Crippen LogP contribution is -2.20. The summed E-state index contributed by atoms with van der Waals surface area (Å²) in [5.74, 6) is 1.55. The van der Waals surface area contributed by atoms with Crippen LogP contribution in [0.25, 0.3) is 0 Å². The molecule has 3 nitrogen and oxygen atoms in total. The van der Waals surface area contributed by atoms with Crippen molar-refractivity contribution in [1.29, 1.82) is 0 Å². The van der Waals surface area contributed by atoms with Crippen molar-refractivity contribution in [3.8, 4) is 11.5 Å². The van der Waals surface area contributed by atoms with Gasteiger partial charge in [0.1, 0.15) is 6.61 Å². The maximum atomic E-state index is 5.68. The van der Waals surface area contributed by atoms with Gasteiger partial charge < -0.3 is 14.8 Å². The van der Waals surface area contributed by atoms with Gasteiger partial charge in [-0.2, -0.15) is 0 Å². The van der Waals surface area contributed by atoms with Crippen LogP contribution < -0.4 is 14.8 Å². The lowest BCUT2D eigenvalue weighted by atomic mass is 10.3. The summed E-state index contributed by atoms with van der Waals surface area (Å²) in [5, 5.41) is 5.43. The molecule has 0 saturated carbocycles. The van der Waals surface area contributed by atoms with E-state index in [2.05, 4.69) is 32.7 Å². The van der Waals surface area contributed by atoms with Gasteiger partial charge in [0.25, 0.3) is 0 Å². The summed E-state index contributed by atoms with van der Waals surface area (Å²) in [6.07, 6.45) is 0. The number of para-hydroxylation sites is 2. The third-order valence-electron chi connectivity index (χ3n) is 2.58. The highest BCUT2D eigenvalue weighted by molar-refractivity contribution is 9.10. The minimum atomic E-state index is 0.614. The Morgan fingerprint density at radius 3 is 2.68 bits per heavy atom. The van der Waals surface area contributed by atoms with Crippen LogP contribution in [0.15, 0.2) is 40.2 Å². The minimum absolute atomic E-state index is 0.614. The number of rotatable bonds is 7. The largest absolute Gasteiger partial charge is 0.493 e. The van der Waals surface area contributed by atoms with Crippen LogP contribution in [0.3, 0.4) is 0 Å². The summed E-state index contributed by atoms with van der Waals surface area (Å²) in [7, 11) is 1.65. The van der Waals surface area contributed by atoms with Gasteiger partial charge in [-0.25, -0.2) is 0 Å². The molecule has 0 atom stereocenters. The van der Waals surface area contributed by atoms with E-state index in [1.54, 1.807) is 18.4 Å². The molecule has 1 heterocycles. The molecule has 2 rings (SSSR count). The zero-order chi connectivity index (χ0) is 13.5. The number of benzene rings is 1. The molecular formula is C14H16BrNO2S. The van der Waals surface area contributed by atoms with Gasteiger partial charge in [-0.05, 0) is 39.5 Å². The van der Waals surface area contributed by atoms with E-state index in [4.69, 9.17) is 9.47 Å². The van der Waals surface area contributed by atoms with Crippen molar-refractivity contribution in [2.45, 2.75) is 6.54 Å². The fourth-order valence-corrected chi connectivity index (χ4v) is 3.09. The van der Waals surface area contributed by atoms with Gasteiger partial charge in [0.2, 0.25) is 0 Å². The lowest BCUT2D eigenvalue weighted by Gasteiger charge is -2.10. The van der Waals surface area contributed by atoms with Crippen molar-refractivity contribution >= 4 is 27.3 Å². The Labute approximate surface area is 125 Å². The Kier molecular flexibility index (Phi) is 5.69. The summed E-state index contributed by atoms with van der Waals surface area (Å²) < 4.78 is 12.1. The molecule has 0 unspecified atom stereocenters. The monoisotopic (exact) mass is 341 g/mol. The van der Waals surface area contributed by atoms with E-state index in [0.717, 1.165) is 29.1 Å². The second kappa shape index (κ2) is 7.53. The maximum Gasteiger partial charge on any atom is 0.161 e. The van der Waals surface area contributed by atoms with E-state index >= 15 is 0 Å². The van der Waals surface area contributed by atoms with Gasteiger partial charge in [-0.3, -0.25) is 0 Å². The van der Waals surface area contributed by atoms with Crippen molar-refractivity contribution in [3.63, 3.8) is 0 Å². The summed E-state index contributed by atoms with van der Waals surface area (Å²) >= 11 is 5.25.